The molecule has 3 aromatic rings. The van der Waals surface area contributed by atoms with Gasteiger partial charge in [-0.1, -0.05) is 12.1 Å². The highest BCUT2D eigenvalue weighted by atomic mass is 32.1. The summed E-state index contributed by atoms with van der Waals surface area (Å²) in [4.78, 5) is 31.9. The van der Waals surface area contributed by atoms with Gasteiger partial charge in [0, 0.05) is 36.1 Å². The van der Waals surface area contributed by atoms with Gasteiger partial charge >= 0.3 is 0 Å². The number of hydrogen-bond donors (Lipinski definition) is 1. The second-order valence-electron chi connectivity index (χ2n) is 7.05. The van der Waals surface area contributed by atoms with Gasteiger partial charge in [-0.15, -0.1) is 11.3 Å². The molecule has 5 nitrogen and oxygen atoms in total. The van der Waals surface area contributed by atoms with E-state index in [1.807, 2.05) is 48.0 Å². The van der Waals surface area contributed by atoms with Crippen LogP contribution in [0.3, 0.4) is 0 Å². The molecular formula is C21H21N3O2S2. The first-order valence-corrected chi connectivity index (χ1v) is 10.9. The number of carbonyl (C=O) groups is 2. The van der Waals surface area contributed by atoms with Gasteiger partial charge in [-0.25, -0.2) is 4.98 Å². The standard InChI is InChI=1S/C21H21N3O2S2/c1-13-18(28-20(22-13)16-9-10-27-12-16)21(26)24(2)11-14-3-5-15(6-4-14)19(25)23-17-7-8-17/h3-6,9-10,12,17H,7-8,11H2,1-2H3,(H,23,25). The number of hydrogen-bond acceptors (Lipinski definition) is 5. The summed E-state index contributed by atoms with van der Waals surface area (Å²) >= 11 is 3.05. The maximum absolute atomic E-state index is 12.9. The number of benzene rings is 1. The monoisotopic (exact) mass is 411 g/mol. The molecule has 1 N–H and O–H groups in total. The second-order valence-corrected chi connectivity index (χ2v) is 8.83. The van der Waals surface area contributed by atoms with Gasteiger partial charge in [-0.3, -0.25) is 9.59 Å². The summed E-state index contributed by atoms with van der Waals surface area (Å²) in [5, 5.41) is 7.91. The van der Waals surface area contributed by atoms with Crippen LogP contribution < -0.4 is 5.32 Å². The molecule has 0 spiro atoms. The van der Waals surface area contributed by atoms with E-state index in [0.717, 1.165) is 34.7 Å². The Morgan fingerprint density at radius 3 is 2.61 bits per heavy atom. The maximum atomic E-state index is 12.9. The average molecular weight is 412 g/mol. The van der Waals surface area contributed by atoms with Crippen LogP contribution in [-0.4, -0.2) is 34.8 Å². The van der Waals surface area contributed by atoms with Crippen molar-refractivity contribution >= 4 is 34.5 Å². The molecule has 0 saturated heterocycles. The Morgan fingerprint density at radius 2 is 1.96 bits per heavy atom. The highest BCUT2D eigenvalue weighted by Crippen LogP contribution is 2.30. The lowest BCUT2D eigenvalue weighted by Gasteiger charge is -2.17. The summed E-state index contributed by atoms with van der Waals surface area (Å²) in [5.41, 5.74) is 3.46. The van der Waals surface area contributed by atoms with Crippen LogP contribution in [0.5, 0.6) is 0 Å². The van der Waals surface area contributed by atoms with Crippen LogP contribution in [0.25, 0.3) is 10.6 Å². The number of thiazole rings is 1. The van der Waals surface area contributed by atoms with Gasteiger partial charge in [0.15, 0.2) is 0 Å². The molecule has 0 atom stereocenters. The number of aromatic nitrogens is 1. The molecule has 0 unspecified atom stereocenters. The summed E-state index contributed by atoms with van der Waals surface area (Å²) in [6, 6.07) is 9.80. The van der Waals surface area contributed by atoms with Crippen molar-refractivity contribution in [3.63, 3.8) is 0 Å². The summed E-state index contributed by atoms with van der Waals surface area (Å²) in [6.07, 6.45) is 2.14. The van der Waals surface area contributed by atoms with Gasteiger partial charge in [-0.05, 0) is 48.9 Å². The molecule has 2 amide bonds. The normalized spacial score (nSPS) is 13.4. The van der Waals surface area contributed by atoms with Gasteiger partial charge in [0.2, 0.25) is 0 Å². The Labute approximate surface area is 172 Å². The SMILES string of the molecule is Cc1nc(-c2ccsc2)sc1C(=O)N(C)Cc1ccc(C(=O)NC2CC2)cc1. The number of carbonyl (C=O) groups excluding carboxylic acids is 2. The van der Waals surface area contributed by atoms with Gasteiger partial charge < -0.3 is 10.2 Å². The predicted octanol–water partition coefficient (Wildman–Crippen LogP) is 4.34. The Bertz CT molecular complexity index is 989. The average Bonchev–Trinajstić information content (AvgIpc) is 3.18. The first-order chi connectivity index (χ1) is 13.5. The third-order valence-electron chi connectivity index (χ3n) is 4.65. The van der Waals surface area contributed by atoms with Crippen molar-refractivity contribution in [1.82, 2.24) is 15.2 Å². The van der Waals surface area contributed by atoms with Gasteiger partial charge in [0.25, 0.3) is 11.8 Å². The zero-order valence-corrected chi connectivity index (χ0v) is 17.4. The van der Waals surface area contributed by atoms with E-state index in [4.69, 9.17) is 0 Å². The van der Waals surface area contributed by atoms with Gasteiger partial charge in [0.1, 0.15) is 9.88 Å². The zero-order valence-electron chi connectivity index (χ0n) is 15.8. The van der Waals surface area contributed by atoms with Gasteiger partial charge in [-0.2, -0.15) is 11.3 Å². The minimum absolute atomic E-state index is 0.0280. The van der Waals surface area contributed by atoms with Crippen molar-refractivity contribution in [2.45, 2.75) is 32.4 Å². The van der Waals surface area contributed by atoms with E-state index >= 15 is 0 Å². The fraction of sp³-hybridized carbons (Fsp3) is 0.286. The lowest BCUT2D eigenvalue weighted by atomic mass is 10.1. The molecule has 1 saturated carbocycles. The zero-order chi connectivity index (χ0) is 19.7. The number of rotatable bonds is 6. The van der Waals surface area contributed by atoms with Crippen LogP contribution in [0.15, 0.2) is 41.1 Å². The molecule has 1 aliphatic rings. The fourth-order valence-corrected chi connectivity index (χ4v) is 4.65. The highest BCUT2D eigenvalue weighted by molar-refractivity contribution is 7.17. The van der Waals surface area contributed by atoms with Gasteiger partial charge in [0.05, 0.1) is 5.69 Å². The molecule has 1 fully saturated rings. The Kier molecular flexibility index (Phi) is 5.28. The largest absolute Gasteiger partial charge is 0.349 e. The number of thiophene rings is 1. The molecule has 0 aliphatic heterocycles. The number of nitrogens with zero attached hydrogens (tertiary/aromatic N) is 2. The molecule has 0 radical (unpaired) electrons. The van der Waals surface area contributed by atoms with E-state index in [2.05, 4.69) is 10.3 Å². The number of amides is 2. The summed E-state index contributed by atoms with van der Waals surface area (Å²) in [7, 11) is 1.79. The topological polar surface area (TPSA) is 62.3 Å². The van der Waals surface area contributed by atoms with Crippen LogP contribution in [0.4, 0.5) is 0 Å². The van der Waals surface area contributed by atoms with Crippen LogP contribution in [-0.2, 0) is 6.54 Å². The minimum Gasteiger partial charge on any atom is -0.349 e. The number of nitrogens with one attached hydrogen (secondary N) is 1. The lowest BCUT2D eigenvalue weighted by Crippen LogP contribution is -2.26. The van der Waals surface area contributed by atoms with E-state index in [1.54, 1.807) is 23.3 Å². The maximum Gasteiger partial charge on any atom is 0.265 e. The van der Waals surface area contributed by atoms with E-state index in [1.165, 1.54) is 11.3 Å². The van der Waals surface area contributed by atoms with Crippen molar-refractivity contribution < 1.29 is 9.59 Å². The number of aryl methyl sites for hydroxylation is 1. The summed E-state index contributed by atoms with van der Waals surface area (Å²) < 4.78 is 0. The second kappa shape index (κ2) is 7.85. The van der Waals surface area contributed by atoms with Crippen molar-refractivity contribution in [1.29, 1.82) is 0 Å². The molecule has 2 heterocycles. The van der Waals surface area contributed by atoms with Crippen molar-refractivity contribution in [3.8, 4) is 10.6 Å². The lowest BCUT2D eigenvalue weighted by molar-refractivity contribution is 0.0788. The van der Waals surface area contributed by atoms with E-state index in [9.17, 15) is 9.59 Å². The van der Waals surface area contributed by atoms with Crippen molar-refractivity contribution in [2.24, 2.45) is 0 Å². The molecule has 144 valence electrons. The first kappa shape index (κ1) is 18.8. The molecule has 2 aromatic heterocycles. The quantitative estimate of drug-likeness (QED) is 0.656. The molecule has 28 heavy (non-hydrogen) atoms. The van der Waals surface area contributed by atoms with Crippen LogP contribution in [0, 0.1) is 6.92 Å². The van der Waals surface area contributed by atoms with E-state index in [-0.39, 0.29) is 11.8 Å². The van der Waals surface area contributed by atoms with E-state index < -0.39 is 0 Å². The third-order valence-corrected chi connectivity index (χ3v) is 6.53. The molecular weight excluding hydrogens is 390 g/mol. The minimum atomic E-state index is -0.0352. The van der Waals surface area contributed by atoms with Crippen LogP contribution in [0.1, 0.15) is 44.1 Å². The molecule has 1 aliphatic carbocycles. The predicted molar refractivity (Wildman–Crippen MR) is 113 cm³/mol. The van der Waals surface area contributed by atoms with Crippen LogP contribution >= 0.6 is 22.7 Å². The summed E-state index contributed by atoms with van der Waals surface area (Å²) in [6.45, 7) is 2.36. The third kappa shape index (κ3) is 4.15. The van der Waals surface area contributed by atoms with Crippen molar-refractivity contribution in [2.75, 3.05) is 7.05 Å². The fourth-order valence-electron chi connectivity index (χ4n) is 2.88. The molecule has 7 heteroatoms. The van der Waals surface area contributed by atoms with E-state index in [0.29, 0.717) is 23.0 Å². The van der Waals surface area contributed by atoms with Crippen molar-refractivity contribution in [3.05, 3.63) is 62.8 Å². The highest BCUT2D eigenvalue weighted by Gasteiger charge is 2.24. The molecule has 0 bridgehead atoms. The first-order valence-electron chi connectivity index (χ1n) is 9.16. The Balaban J connectivity index is 1.42. The smallest absolute Gasteiger partial charge is 0.265 e. The Hall–Kier alpha value is -2.51. The molecule has 4 rings (SSSR count). The Morgan fingerprint density at radius 1 is 1.21 bits per heavy atom. The summed E-state index contributed by atoms with van der Waals surface area (Å²) in [5.74, 6) is -0.0632. The van der Waals surface area contributed by atoms with Crippen LogP contribution in [0.2, 0.25) is 0 Å². The molecule has 1 aromatic carbocycles.